The second kappa shape index (κ2) is 10.2. The summed E-state index contributed by atoms with van der Waals surface area (Å²) in [4.78, 5) is 5.18. The van der Waals surface area contributed by atoms with Crippen molar-refractivity contribution in [1.82, 2.24) is 4.98 Å². The Labute approximate surface area is 268 Å². The minimum absolute atomic E-state index is 0.138. The highest BCUT2D eigenvalue weighted by Gasteiger charge is 2.36. The summed E-state index contributed by atoms with van der Waals surface area (Å²) in [6.45, 7) is 4.69. The maximum Gasteiger partial charge on any atom is 0.136 e. The smallest absolute Gasteiger partial charge is 0.136 e. The highest BCUT2D eigenvalue weighted by molar-refractivity contribution is 6.07. The monoisotopic (exact) mass is 589 g/mol. The maximum atomic E-state index is 6.28. The normalized spacial score (nSPS) is 13.2. The van der Waals surface area contributed by atoms with Gasteiger partial charge in [-0.3, -0.25) is 0 Å². The third-order valence-corrected chi connectivity index (χ3v) is 9.67. The number of pyridine rings is 1. The zero-order chi connectivity index (χ0) is 30.8. The lowest BCUT2D eigenvalue weighted by atomic mass is 9.81. The van der Waals surface area contributed by atoms with Crippen LogP contribution in [0.3, 0.4) is 0 Å². The second-order valence-electron chi connectivity index (χ2n) is 12.8. The zero-order valence-corrected chi connectivity index (χ0v) is 25.8. The van der Waals surface area contributed by atoms with Gasteiger partial charge in [-0.1, -0.05) is 123 Å². The van der Waals surface area contributed by atoms with Crippen LogP contribution in [0.5, 0.6) is 0 Å². The fourth-order valence-electron chi connectivity index (χ4n) is 7.22. The summed E-state index contributed by atoms with van der Waals surface area (Å²) in [7, 11) is 0. The molecular weight excluding hydrogens is 558 g/mol. The summed E-state index contributed by atoms with van der Waals surface area (Å²) in [5, 5.41) is 2.35. The molecule has 0 bridgehead atoms. The molecule has 0 N–H and O–H groups in total. The lowest BCUT2D eigenvalue weighted by Gasteiger charge is -2.22. The van der Waals surface area contributed by atoms with Gasteiger partial charge in [-0.2, -0.15) is 0 Å². The molecular formula is C44H31NO. The van der Waals surface area contributed by atoms with Crippen LogP contribution in [-0.4, -0.2) is 4.98 Å². The Bertz CT molecular complexity index is 2380. The molecule has 0 atom stereocenters. The van der Waals surface area contributed by atoms with E-state index in [0.717, 1.165) is 39.2 Å². The Hall–Kier alpha value is -5.73. The van der Waals surface area contributed by atoms with E-state index in [4.69, 9.17) is 9.40 Å². The molecule has 0 aliphatic heterocycles. The van der Waals surface area contributed by atoms with E-state index in [-0.39, 0.29) is 5.41 Å². The van der Waals surface area contributed by atoms with Crippen molar-refractivity contribution in [3.63, 3.8) is 0 Å². The van der Waals surface area contributed by atoms with Gasteiger partial charge in [0.25, 0.3) is 0 Å². The molecule has 218 valence electrons. The van der Waals surface area contributed by atoms with E-state index in [1.54, 1.807) is 0 Å². The quantitative estimate of drug-likeness (QED) is 0.204. The third kappa shape index (κ3) is 4.22. The molecule has 0 saturated heterocycles. The molecule has 0 amide bonds. The van der Waals surface area contributed by atoms with Crippen molar-refractivity contribution in [2.24, 2.45) is 0 Å². The van der Waals surface area contributed by atoms with Gasteiger partial charge in [0.1, 0.15) is 11.2 Å². The van der Waals surface area contributed by atoms with E-state index >= 15 is 0 Å². The molecule has 9 rings (SSSR count). The van der Waals surface area contributed by atoms with Crippen LogP contribution in [-0.2, 0) is 5.41 Å². The minimum atomic E-state index is -0.138. The highest BCUT2D eigenvalue weighted by atomic mass is 16.3. The second-order valence-corrected chi connectivity index (χ2v) is 12.8. The maximum absolute atomic E-state index is 6.28. The van der Waals surface area contributed by atoms with E-state index in [1.165, 1.54) is 49.7 Å². The predicted molar refractivity (Wildman–Crippen MR) is 191 cm³/mol. The summed E-state index contributed by atoms with van der Waals surface area (Å²) in [6, 6.07) is 54.1. The van der Waals surface area contributed by atoms with E-state index in [2.05, 4.69) is 153 Å². The molecule has 0 spiro atoms. The summed E-state index contributed by atoms with van der Waals surface area (Å²) < 4.78 is 6.28. The van der Waals surface area contributed by atoms with Crippen molar-refractivity contribution in [3.8, 4) is 55.9 Å². The summed E-state index contributed by atoms with van der Waals surface area (Å²) in [5.74, 6) is 0. The summed E-state index contributed by atoms with van der Waals surface area (Å²) >= 11 is 0. The molecule has 0 radical (unpaired) electrons. The Morgan fingerprint density at radius 3 is 1.85 bits per heavy atom. The van der Waals surface area contributed by atoms with Gasteiger partial charge < -0.3 is 4.42 Å². The molecule has 0 saturated carbocycles. The van der Waals surface area contributed by atoms with Crippen molar-refractivity contribution >= 4 is 21.9 Å². The standard InChI is InChI=1S/C44H31NO/c1-44(2)38-23-31(20-21-34(38)36-27-43-37(26-39(36)44)35-18-9-10-19-42(35)46-43)30-16-11-17-32(22-30)41-25-33(28-12-5-3-6-13-28)24-40(45-41)29-14-7-4-8-15-29/h3-27H,1-2H3. The lowest BCUT2D eigenvalue weighted by molar-refractivity contribution is 0.658. The van der Waals surface area contributed by atoms with Crippen LogP contribution in [0.15, 0.2) is 156 Å². The first-order valence-corrected chi connectivity index (χ1v) is 15.9. The van der Waals surface area contributed by atoms with Crippen LogP contribution < -0.4 is 0 Å². The van der Waals surface area contributed by atoms with E-state index in [0.29, 0.717) is 0 Å². The van der Waals surface area contributed by atoms with Crippen LogP contribution in [0.1, 0.15) is 25.0 Å². The van der Waals surface area contributed by atoms with Gasteiger partial charge in [0.05, 0.1) is 11.4 Å². The average Bonchev–Trinajstić information content (AvgIpc) is 3.59. The molecule has 8 aromatic rings. The van der Waals surface area contributed by atoms with Crippen molar-refractivity contribution in [3.05, 3.63) is 163 Å². The third-order valence-electron chi connectivity index (χ3n) is 9.67. The molecule has 2 heterocycles. The number of fused-ring (bicyclic) bond motifs is 6. The largest absolute Gasteiger partial charge is 0.456 e. The van der Waals surface area contributed by atoms with Crippen LogP contribution in [0, 0.1) is 0 Å². The molecule has 0 unspecified atom stereocenters. The molecule has 2 aromatic heterocycles. The number of benzene rings is 6. The van der Waals surface area contributed by atoms with Gasteiger partial charge >= 0.3 is 0 Å². The molecule has 1 aliphatic carbocycles. The Morgan fingerprint density at radius 1 is 0.413 bits per heavy atom. The summed E-state index contributed by atoms with van der Waals surface area (Å²) in [5.41, 5.74) is 15.9. The predicted octanol–water partition coefficient (Wildman–Crippen LogP) is 12.0. The molecule has 46 heavy (non-hydrogen) atoms. The molecule has 1 aliphatic rings. The topological polar surface area (TPSA) is 26.0 Å². The van der Waals surface area contributed by atoms with Crippen LogP contribution >= 0.6 is 0 Å². The number of nitrogens with zero attached hydrogens (tertiary/aromatic N) is 1. The van der Waals surface area contributed by atoms with Crippen LogP contribution in [0.2, 0.25) is 0 Å². The van der Waals surface area contributed by atoms with E-state index < -0.39 is 0 Å². The number of hydrogen-bond donors (Lipinski definition) is 0. The minimum Gasteiger partial charge on any atom is -0.456 e. The fourth-order valence-corrected chi connectivity index (χ4v) is 7.22. The first-order valence-electron chi connectivity index (χ1n) is 15.9. The molecule has 2 heteroatoms. The lowest BCUT2D eigenvalue weighted by Crippen LogP contribution is -2.15. The van der Waals surface area contributed by atoms with Crippen molar-refractivity contribution in [1.29, 1.82) is 0 Å². The Kier molecular flexibility index (Phi) is 5.88. The van der Waals surface area contributed by atoms with Gasteiger partial charge in [-0.25, -0.2) is 4.98 Å². The SMILES string of the molecule is CC1(C)c2cc(-c3cccc(-c4cc(-c5ccccc5)cc(-c5ccccc5)n4)c3)ccc2-c2cc3oc4ccccc4c3cc21. The average molecular weight is 590 g/mol. The Balaban J connectivity index is 1.14. The van der Waals surface area contributed by atoms with E-state index in [1.807, 2.05) is 12.1 Å². The first kappa shape index (κ1) is 26.7. The van der Waals surface area contributed by atoms with Gasteiger partial charge in [0.15, 0.2) is 0 Å². The number of aromatic nitrogens is 1. The fraction of sp³-hybridized carbons (Fsp3) is 0.0682. The van der Waals surface area contributed by atoms with Gasteiger partial charge in [-0.05, 0) is 87.0 Å². The van der Waals surface area contributed by atoms with Crippen molar-refractivity contribution in [2.45, 2.75) is 19.3 Å². The molecule has 0 fully saturated rings. The number of rotatable bonds is 4. The number of para-hydroxylation sites is 1. The van der Waals surface area contributed by atoms with Crippen molar-refractivity contribution < 1.29 is 4.42 Å². The Morgan fingerprint density at radius 2 is 1.04 bits per heavy atom. The number of furan rings is 1. The van der Waals surface area contributed by atoms with E-state index in [9.17, 15) is 0 Å². The zero-order valence-electron chi connectivity index (χ0n) is 25.8. The molecule has 2 nitrogen and oxygen atoms in total. The first-order chi connectivity index (χ1) is 22.5. The van der Waals surface area contributed by atoms with Crippen LogP contribution in [0.4, 0.5) is 0 Å². The van der Waals surface area contributed by atoms with Gasteiger partial charge in [0.2, 0.25) is 0 Å². The number of hydrogen-bond acceptors (Lipinski definition) is 2. The van der Waals surface area contributed by atoms with Crippen LogP contribution in [0.25, 0.3) is 77.8 Å². The molecule has 6 aromatic carbocycles. The highest BCUT2D eigenvalue weighted by Crippen LogP contribution is 2.51. The van der Waals surface area contributed by atoms with Crippen molar-refractivity contribution in [2.75, 3.05) is 0 Å². The summed E-state index contributed by atoms with van der Waals surface area (Å²) in [6.07, 6.45) is 0. The van der Waals surface area contributed by atoms with Gasteiger partial charge in [-0.15, -0.1) is 0 Å². The van der Waals surface area contributed by atoms with Gasteiger partial charge in [0, 0.05) is 27.3 Å².